The summed E-state index contributed by atoms with van der Waals surface area (Å²) < 4.78 is 4.56. The number of esters is 1. The highest BCUT2D eigenvalue weighted by atomic mass is 32.2. The maximum atomic E-state index is 14.2. The number of nitrogens with zero attached hydrogens (tertiary/aromatic N) is 2. The first-order chi connectivity index (χ1) is 15.8. The number of aliphatic hydroxyl groups excluding tert-OH is 1. The standard InChI is InChI=1S/C25H36N2O5S/c1-5-8-16(4)26-11-7-10-25-20(19-18(33-25)9-6-12-32-24(19)31)22(29)27(21(25)23(26)30)17(14-28)13-15(2)3/h6-7,9-10,15-21,28H,5,8,11-14H2,1-4H3/t16?,17-,18+,19-,20+,21?,25+/m1/s1. The molecule has 33 heavy (non-hydrogen) atoms. The summed E-state index contributed by atoms with van der Waals surface area (Å²) in [6.07, 6.45) is 10.2. The Morgan fingerprint density at radius 1 is 1.21 bits per heavy atom. The third kappa shape index (κ3) is 3.93. The first-order valence-electron chi connectivity index (χ1n) is 12.2. The summed E-state index contributed by atoms with van der Waals surface area (Å²) in [4.78, 5) is 44.7. The van der Waals surface area contributed by atoms with Gasteiger partial charge in [-0.25, -0.2) is 0 Å². The third-order valence-corrected chi connectivity index (χ3v) is 9.21. The van der Waals surface area contributed by atoms with Crippen LogP contribution < -0.4 is 0 Å². The third-order valence-electron chi connectivity index (χ3n) is 7.47. The molecule has 0 aromatic rings. The number of cyclic esters (lactones) is 1. The second kappa shape index (κ2) is 9.45. The van der Waals surface area contributed by atoms with Crippen molar-refractivity contribution in [1.29, 1.82) is 0 Å². The number of rotatable bonds is 7. The van der Waals surface area contributed by atoms with E-state index in [4.69, 9.17) is 4.74 Å². The number of fused-ring (bicyclic) bond motifs is 2. The zero-order chi connectivity index (χ0) is 23.9. The number of carbonyl (C=O) groups excluding carboxylic acids is 3. The lowest BCUT2D eigenvalue weighted by molar-refractivity contribution is -0.152. The van der Waals surface area contributed by atoms with E-state index >= 15 is 0 Å². The zero-order valence-electron chi connectivity index (χ0n) is 20.0. The quantitative estimate of drug-likeness (QED) is 0.449. The van der Waals surface area contributed by atoms with Crippen molar-refractivity contribution in [3.05, 3.63) is 24.3 Å². The van der Waals surface area contributed by atoms with E-state index in [-0.39, 0.29) is 48.2 Å². The van der Waals surface area contributed by atoms with Crippen LogP contribution in [0.25, 0.3) is 0 Å². The van der Waals surface area contributed by atoms with Crippen LogP contribution in [0.5, 0.6) is 0 Å². The Kier molecular flexibility index (Phi) is 6.97. The van der Waals surface area contributed by atoms with Crippen LogP contribution in [-0.2, 0) is 19.1 Å². The first-order valence-corrected chi connectivity index (χ1v) is 13.1. The van der Waals surface area contributed by atoms with Crippen molar-refractivity contribution in [1.82, 2.24) is 9.80 Å². The minimum absolute atomic E-state index is 0.0396. The van der Waals surface area contributed by atoms with Crippen LogP contribution in [0.15, 0.2) is 24.3 Å². The van der Waals surface area contributed by atoms with Gasteiger partial charge in [-0.1, -0.05) is 51.5 Å². The lowest BCUT2D eigenvalue weighted by Crippen LogP contribution is -2.58. The van der Waals surface area contributed by atoms with Crippen LogP contribution >= 0.6 is 11.8 Å². The summed E-state index contributed by atoms with van der Waals surface area (Å²) in [5.41, 5.74) is 0. The minimum Gasteiger partial charge on any atom is -0.461 e. The summed E-state index contributed by atoms with van der Waals surface area (Å²) in [5.74, 6) is -1.75. The SMILES string of the molecule is CCCC(C)N1CC=C[C@]23S[C@H]4C=CCOC(=O)[C@H]4[C@H]2C(=O)N([C@@H](CO)CC(C)C)C3C1=O. The predicted molar refractivity (Wildman–Crippen MR) is 127 cm³/mol. The molecule has 0 saturated carbocycles. The van der Waals surface area contributed by atoms with Crippen LogP contribution in [0, 0.1) is 17.8 Å². The highest BCUT2D eigenvalue weighted by Gasteiger charge is 2.71. The molecule has 0 aliphatic carbocycles. The Hall–Kier alpha value is -1.80. The fourth-order valence-corrected chi connectivity index (χ4v) is 8.10. The smallest absolute Gasteiger partial charge is 0.311 e. The lowest BCUT2D eigenvalue weighted by atomic mass is 9.78. The first kappa shape index (κ1) is 24.3. The van der Waals surface area contributed by atoms with Gasteiger partial charge in [0, 0.05) is 17.8 Å². The Balaban J connectivity index is 1.83. The van der Waals surface area contributed by atoms with Gasteiger partial charge in [-0.2, -0.15) is 0 Å². The molecule has 2 fully saturated rings. The van der Waals surface area contributed by atoms with Crippen molar-refractivity contribution < 1.29 is 24.2 Å². The average Bonchev–Trinajstić information content (AvgIpc) is 3.07. The molecule has 8 heteroatoms. The molecule has 4 aliphatic heterocycles. The van der Waals surface area contributed by atoms with Crippen molar-refractivity contribution in [2.75, 3.05) is 19.8 Å². The van der Waals surface area contributed by atoms with Gasteiger partial charge in [-0.3, -0.25) is 14.4 Å². The molecule has 4 rings (SSSR count). The maximum Gasteiger partial charge on any atom is 0.311 e. The molecule has 2 saturated heterocycles. The number of likely N-dealkylation sites (tertiary alicyclic amines) is 1. The molecule has 0 aromatic heterocycles. The van der Waals surface area contributed by atoms with E-state index < -0.39 is 28.7 Å². The summed E-state index contributed by atoms with van der Waals surface area (Å²) in [7, 11) is 0. The monoisotopic (exact) mass is 476 g/mol. The van der Waals surface area contributed by atoms with Crippen molar-refractivity contribution in [2.45, 2.75) is 75.1 Å². The van der Waals surface area contributed by atoms with Gasteiger partial charge in [-0.15, -0.1) is 11.8 Å². The van der Waals surface area contributed by atoms with Gasteiger partial charge in [0.2, 0.25) is 11.8 Å². The van der Waals surface area contributed by atoms with E-state index in [9.17, 15) is 19.5 Å². The predicted octanol–water partition coefficient (Wildman–Crippen LogP) is 2.39. The van der Waals surface area contributed by atoms with E-state index in [2.05, 4.69) is 13.8 Å². The Bertz CT molecular complexity index is 858. The molecule has 1 spiro atoms. The van der Waals surface area contributed by atoms with Gasteiger partial charge < -0.3 is 19.6 Å². The number of amides is 2. The highest BCUT2D eigenvalue weighted by molar-refractivity contribution is 8.02. The van der Waals surface area contributed by atoms with Crippen molar-refractivity contribution in [3.63, 3.8) is 0 Å². The van der Waals surface area contributed by atoms with Crippen LogP contribution in [0.2, 0.25) is 0 Å². The fourth-order valence-electron chi connectivity index (χ4n) is 6.11. The Morgan fingerprint density at radius 2 is 1.97 bits per heavy atom. The number of thioether (sulfide) groups is 1. The summed E-state index contributed by atoms with van der Waals surface area (Å²) in [5, 5.41) is 10.1. The molecule has 4 aliphatic rings. The van der Waals surface area contributed by atoms with E-state index in [1.54, 1.807) is 16.7 Å². The van der Waals surface area contributed by atoms with Crippen molar-refractivity contribution >= 4 is 29.5 Å². The van der Waals surface area contributed by atoms with Gasteiger partial charge in [0.25, 0.3) is 0 Å². The molecule has 182 valence electrons. The molecule has 0 radical (unpaired) electrons. The minimum atomic E-state index is -0.852. The number of aliphatic hydroxyl groups is 1. The Labute approximate surface area is 200 Å². The molecule has 2 unspecified atom stereocenters. The topological polar surface area (TPSA) is 87.2 Å². The van der Waals surface area contributed by atoms with Crippen LogP contribution in [0.4, 0.5) is 0 Å². The maximum absolute atomic E-state index is 14.2. The molecular formula is C25H36N2O5S. The average molecular weight is 477 g/mol. The van der Waals surface area contributed by atoms with Crippen LogP contribution in [0.3, 0.4) is 0 Å². The van der Waals surface area contributed by atoms with E-state index in [0.717, 1.165) is 12.8 Å². The van der Waals surface area contributed by atoms with Gasteiger partial charge in [0.1, 0.15) is 12.6 Å². The van der Waals surface area contributed by atoms with Crippen molar-refractivity contribution in [3.8, 4) is 0 Å². The van der Waals surface area contributed by atoms with Gasteiger partial charge in [0.05, 0.1) is 29.2 Å². The molecule has 1 N–H and O–H groups in total. The fraction of sp³-hybridized carbons (Fsp3) is 0.720. The summed E-state index contributed by atoms with van der Waals surface area (Å²) in [6, 6.07) is -1.18. The second-order valence-electron chi connectivity index (χ2n) is 10.1. The molecule has 4 heterocycles. The van der Waals surface area contributed by atoms with Gasteiger partial charge in [0.15, 0.2) is 0 Å². The highest BCUT2D eigenvalue weighted by Crippen LogP contribution is 2.61. The molecule has 7 nitrogen and oxygen atoms in total. The number of carbonyl (C=O) groups is 3. The lowest BCUT2D eigenvalue weighted by Gasteiger charge is -2.40. The number of hydrogen-bond acceptors (Lipinski definition) is 6. The molecular weight excluding hydrogens is 440 g/mol. The molecule has 2 amide bonds. The number of ether oxygens (including phenoxy) is 1. The van der Waals surface area contributed by atoms with Gasteiger partial charge >= 0.3 is 5.97 Å². The van der Waals surface area contributed by atoms with Crippen LogP contribution in [0.1, 0.15) is 47.0 Å². The molecule has 0 bridgehead atoms. The van der Waals surface area contributed by atoms with Crippen molar-refractivity contribution in [2.24, 2.45) is 17.8 Å². The zero-order valence-corrected chi connectivity index (χ0v) is 20.8. The normalized spacial score (nSPS) is 35.2. The van der Waals surface area contributed by atoms with Crippen LogP contribution in [-0.4, -0.2) is 80.6 Å². The summed E-state index contributed by atoms with van der Waals surface area (Å²) >= 11 is 1.55. The Morgan fingerprint density at radius 3 is 2.64 bits per heavy atom. The van der Waals surface area contributed by atoms with E-state index in [1.165, 1.54) is 0 Å². The van der Waals surface area contributed by atoms with E-state index in [1.807, 2.05) is 43.1 Å². The van der Waals surface area contributed by atoms with Gasteiger partial charge in [-0.05, 0) is 25.7 Å². The van der Waals surface area contributed by atoms with E-state index in [0.29, 0.717) is 13.0 Å². The summed E-state index contributed by atoms with van der Waals surface area (Å²) in [6.45, 7) is 8.71. The number of hydrogen-bond donors (Lipinski definition) is 1. The molecule has 7 atom stereocenters. The largest absolute Gasteiger partial charge is 0.461 e. The molecule has 0 aromatic carbocycles. The second-order valence-corrected chi connectivity index (χ2v) is 11.6.